The molecule has 0 bridgehead atoms. The van der Waals surface area contributed by atoms with E-state index in [-0.39, 0.29) is 17.1 Å². The molecule has 2 N–H and O–H groups in total. The number of carboxylic acids is 1. The minimum absolute atomic E-state index is 0.143. The molecule has 1 rings (SSSR count). The molecule has 20 heavy (non-hydrogen) atoms. The van der Waals surface area contributed by atoms with Gasteiger partial charge in [0.25, 0.3) is 0 Å². The maximum atomic E-state index is 12.1. The third kappa shape index (κ3) is 5.25. The summed E-state index contributed by atoms with van der Waals surface area (Å²) in [5.41, 5.74) is 1.15. The molecule has 0 aromatic heterocycles. The zero-order chi connectivity index (χ0) is 15.1. The van der Waals surface area contributed by atoms with E-state index in [1.165, 1.54) is 18.7 Å². The van der Waals surface area contributed by atoms with Crippen molar-refractivity contribution < 1.29 is 14.7 Å². The van der Waals surface area contributed by atoms with E-state index in [0.29, 0.717) is 0 Å². The molecule has 1 amide bonds. The van der Waals surface area contributed by atoms with E-state index in [1.54, 1.807) is 0 Å². The lowest BCUT2D eigenvalue weighted by atomic mass is 10.1. The summed E-state index contributed by atoms with van der Waals surface area (Å²) in [5.74, 6) is -0.354. The highest BCUT2D eigenvalue weighted by Gasteiger charge is 2.25. The van der Waals surface area contributed by atoms with Crippen molar-refractivity contribution in [3.8, 4) is 0 Å². The Morgan fingerprint density at radius 3 is 2.30 bits per heavy atom. The second-order valence-corrected chi connectivity index (χ2v) is 6.16. The number of nitrogens with one attached hydrogen (secondary N) is 1. The van der Waals surface area contributed by atoms with Crippen molar-refractivity contribution in [3.63, 3.8) is 0 Å². The van der Waals surface area contributed by atoms with Crippen LogP contribution in [-0.4, -0.2) is 28.3 Å². The van der Waals surface area contributed by atoms with Crippen LogP contribution in [0.2, 0.25) is 0 Å². The standard InChI is InChI=1S/C15H21NO3S/c1-10(2)13(14(17)16-11(3)15(18)19)20-9-12-7-5-4-6-8-12/h4-8,10-11,13H,9H2,1-3H3,(H,16,17)(H,18,19)/t11-,13?/m1/s1. The average Bonchev–Trinajstić information content (AvgIpc) is 2.39. The van der Waals surface area contributed by atoms with Crippen LogP contribution in [0, 0.1) is 5.92 Å². The van der Waals surface area contributed by atoms with Crippen LogP contribution in [0.15, 0.2) is 30.3 Å². The van der Waals surface area contributed by atoms with Crippen molar-refractivity contribution in [2.24, 2.45) is 5.92 Å². The molecule has 0 aliphatic rings. The number of benzene rings is 1. The molecule has 0 aliphatic carbocycles. The van der Waals surface area contributed by atoms with Gasteiger partial charge in [-0.05, 0) is 18.4 Å². The SMILES string of the molecule is CC(C)C(SCc1ccccc1)C(=O)N[C@H](C)C(=O)O. The predicted octanol–water partition coefficient (Wildman–Crippen LogP) is 2.53. The Balaban J connectivity index is 2.60. The maximum Gasteiger partial charge on any atom is 0.325 e. The third-order valence-corrected chi connectivity index (χ3v) is 4.48. The highest BCUT2D eigenvalue weighted by molar-refractivity contribution is 7.99. The number of aliphatic carboxylic acids is 1. The molecule has 2 atom stereocenters. The van der Waals surface area contributed by atoms with Gasteiger partial charge in [-0.1, -0.05) is 44.2 Å². The molecule has 4 nitrogen and oxygen atoms in total. The number of rotatable bonds is 7. The molecular formula is C15H21NO3S. The lowest BCUT2D eigenvalue weighted by Crippen LogP contribution is -2.44. The number of carbonyl (C=O) groups is 2. The number of amides is 1. The Labute approximate surface area is 124 Å². The summed E-state index contributed by atoms with van der Waals surface area (Å²) in [7, 11) is 0. The summed E-state index contributed by atoms with van der Waals surface area (Å²) in [6.07, 6.45) is 0. The highest BCUT2D eigenvalue weighted by Crippen LogP contribution is 2.24. The molecule has 1 aromatic rings. The average molecular weight is 295 g/mol. The van der Waals surface area contributed by atoms with Crippen LogP contribution in [-0.2, 0) is 15.3 Å². The highest BCUT2D eigenvalue weighted by atomic mass is 32.2. The van der Waals surface area contributed by atoms with E-state index in [4.69, 9.17) is 5.11 Å². The van der Waals surface area contributed by atoms with E-state index >= 15 is 0 Å². The molecule has 0 saturated heterocycles. The Morgan fingerprint density at radius 2 is 1.80 bits per heavy atom. The first kappa shape index (κ1) is 16.6. The summed E-state index contributed by atoms with van der Waals surface area (Å²) >= 11 is 1.54. The quantitative estimate of drug-likeness (QED) is 0.811. The maximum absolute atomic E-state index is 12.1. The molecule has 5 heteroatoms. The second kappa shape index (κ2) is 7.94. The summed E-state index contributed by atoms with van der Waals surface area (Å²) in [5, 5.41) is 11.1. The van der Waals surface area contributed by atoms with Crippen molar-refractivity contribution in [2.45, 2.75) is 37.8 Å². The smallest absolute Gasteiger partial charge is 0.325 e. The Morgan fingerprint density at radius 1 is 1.20 bits per heavy atom. The zero-order valence-corrected chi connectivity index (χ0v) is 12.8. The van der Waals surface area contributed by atoms with Gasteiger partial charge >= 0.3 is 5.97 Å². The fourth-order valence-electron chi connectivity index (χ4n) is 1.69. The number of thioether (sulfide) groups is 1. The van der Waals surface area contributed by atoms with Crippen LogP contribution in [0.5, 0.6) is 0 Å². The lowest BCUT2D eigenvalue weighted by Gasteiger charge is -2.21. The summed E-state index contributed by atoms with van der Waals surface area (Å²) in [6.45, 7) is 5.40. The molecule has 0 saturated carbocycles. The van der Waals surface area contributed by atoms with Gasteiger partial charge in [0.15, 0.2) is 0 Å². The van der Waals surface area contributed by atoms with Crippen molar-refractivity contribution in [3.05, 3.63) is 35.9 Å². The van der Waals surface area contributed by atoms with Gasteiger partial charge in [-0.25, -0.2) is 0 Å². The van der Waals surface area contributed by atoms with E-state index in [1.807, 2.05) is 44.2 Å². The topological polar surface area (TPSA) is 66.4 Å². The zero-order valence-electron chi connectivity index (χ0n) is 12.0. The summed E-state index contributed by atoms with van der Waals surface area (Å²) in [6, 6.07) is 9.06. The van der Waals surface area contributed by atoms with Gasteiger partial charge < -0.3 is 10.4 Å². The Bertz CT molecular complexity index is 448. The van der Waals surface area contributed by atoms with Crippen LogP contribution in [0.1, 0.15) is 26.3 Å². The molecule has 1 unspecified atom stereocenters. The number of hydrogen-bond acceptors (Lipinski definition) is 3. The predicted molar refractivity (Wildman–Crippen MR) is 81.6 cm³/mol. The first-order chi connectivity index (χ1) is 9.41. The molecule has 110 valence electrons. The summed E-state index contributed by atoms with van der Waals surface area (Å²) in [4.78, 5) is 22.9. The Hall–Kier alpha value is -1.49. The van der Waals surface area contributed by atoms with Gasteiger partial charge in [0.2, 0.25) is 5.91 Å². The molecule has 0 aliphatic heterocycles. The first-order valence-electron chi connectivity index (χ1n) is 6.60. The summed E-state index contributed by atoms with van der Waals surface area (Å²) < 4.78 is 0. The number of carboxylic acid groups (broad SMARTS) is 1. The molecule has 0 spiro atoms. The van der Waals surface area contributed by atoms with Gasteiger partial charge in [-0.2, -0.15) is 0 Å². The fraction of sp³-hybridized carbons (Fsp3) is 0.467. The van der Waals surface area contributed by atoms with E-state index in [2.05, 4.69) is 5.32 Å². The van der Waals surface area contributed by atoms with E-state index in [0.717, 1.165) is 11.3 Å². The van der Waals surface area contributed by atoms with Crippen molar-refractivity contribution in [2.75, 3.05) is 0 Å². The number of carbonyl (C=O) groups excluding carboxylic acids is 1. The van der Waals surface area contributed by atoms with Gasteiger partial charge in [-0.15, -0.1) is 11.8 Å². The molecule has 0 radical (unpaired) electrons. The van der Waals surface area contributed by atoms with Gasteiger partial charge in [0, 0.05) is 5.75 Å². The van der Waals surface area contributed by atoms with Gasteiger partial charge in [0.1, 0.15) is 6.04 Å². The van der Waals surface area contributed by atoms with Crippen LogP contribution in [0.25, 0.3) is 0 Å². The third-order valence-electron chi connectivity index (χ3n) is 2.87. The molecule has 1 aromatic carbocycles. The lowest BCUT2D eigenvalue weighted by molar-refractivity contribution is -0.141. The minimum Gasteiger partial charge on any atom is -0.480 e. The fourth-order valence-corrected chi connectivity index (χ4v) is 2.86. The van der Waals surface area contributed by atoms with Crippen molar-refractivity contribution in [1.82, 2.24) is 5.32 Å². The van der Waals surface area contributed by atoms with E-state index < -0.39 is 12.0 Å². The van der Waals surface area contributed by atoms with E-state index in [9.17, 15) is 9.59 Å². The van der Waals surface area contributed by atoms with Gasteiger partial charge in [-0.3, -0.25) is 9.59 Å². The first-order valence-corrected chi connectivity index (χ1v) is 7.65. The van der Waals surface area contributed by atoms with Crippen LogP contribution >= 0.6 is 11.8 Å². The normalized spacial score (nSPS) is 13.8. The van der Waals surface area contributed by atoms with Crippen LogP contribution in [0.4, 0.5) is 0 Å². The van der Waals surface area contributed by atoms with Crippen LogP contribution < -0.4 is 5.32 Å². The van der Waals surface area contributed by atoms with Crippen LogP contribution in [0.3, 0.4) is 0 Å². The van der Waals surface area contributed by atoms with Crippen molar-refractivity contribution >= 4 is 23.6 Å². The largest absolute Gasteiger partial charge is 0.480 e. The second-order valence-electron chi connectivity index (χ2n) is 5.03. The molecule has 0 fully saturated rings. The van der Waals surface area contributed by atoms with Gasteiger partial charge in [0.05, 0.1) is 5.25 Å². The molecular weight excluding hydrogens is 274 g/mol. The molecule has 0 heterocycles. The monoisotopic (exact) mass is 295 g/mol. The Kier molecular flexibility index (Phi) is 6.58. The van der Waals surface area contributed by atoms with Crippen molar-refractivity contribution in [1.29, 1.82) is 0 Å². The number of hydrogen-bond donors (Lipinski definition) is 2. The minimum atomic E-state index is -1.02.